The Labute approximate surface area is 95.0 Å². The van der Waals surface area contributed by atoms with Crippen molar-refractivity contribution in [3.05, 3.63) is 0 Å². The van der Waals surface area contributed by atoms with Crippen LogP contribution in [0.5, 0.6) is 0 Å². The molecule has 0 radical (unpaired) electrons. The van der Waals surface area contributed by atoms with E-state index in [-0.39, 0.29) is 11.1 Å². The van der Waals surface area contributed by atoms with Crippen LogP contribution in [0.25, 0.3) is 0 Å². The third kappa shape index (κ3) is 4.52. The van der Waals surface area contributed by atoms with Crippen molar-refractivity contribution in [1.29, 1.82) is 0 Å². The second kappa shape index (κ2) is 4.06. The van der Waals surface area contributed by atoms with E-state index in [0.717, 1.165) is 6.54 Å². The third-order valence-electron chi connectivity index (χ3n) is 3.24. The highest BCUT2D eigenvalue weighted by molar-refractivity contribution is 4.97. The van der Waals surface area contributed by atoms with Gasteiger partial charge < -0.3 is 11.1 Å². The van der Waals surface area contributed by atoms with Gasteiger partial charge in [-0.3, -0.25) is 0 Å². The molecule has 0 unspecified atom stereocenters. The molecule has 1 aliphatic carbocycles. The standard InChI is InChI=1S/C13H28N2/c1-11(2,3)9-12(4,5)15-10-13(14)7-6-8-13/h15H,6-10,14H2,1-5H3. The molecule has 0 bridgehead atoms. The molecule has 1 saturated carbocycles. The molecular formula is C13H28N2. The zero-order chi connectivity index (χ0) is 11.7. The van der Waals surface area contributed by atoms with Crippen molar-refractivity contribution in [2.75, 3.05) is 6.54 Å². The zero-order valence-electron chi connectivity index (χ0n) is 11.1. The second-order valence-corrected chi connectivity index (χ2v) is 7.19. The van der Waals surface area contributed by atoms with Crippen LogP contribution in [0, 0.1) is 5.41 Å². The predicted octanol–water partition coefficient (Wildman–Crippen LogP) is 2.67. The molecule has 0 aliphatic heterocycles. The van der Waals surface area contributed by atoms with Crippen molar-refractivity contribution >= 4 is 0 Å². The second-order valence-electron chi connectivity index (χ2n) is 7.19. The fourth-order valence-corrected chi connectivity index (χ4v) is 2.61. The van der Waals surface area contributed by atoms with Gasteiger partial charge in [0.2, 0.25) is 0 Å². The van der Waals surface area contributed by atoms with E-state index in [9.17, 15) is 0 Å². The normalized spacial score (nSPS) is 21.2. The minimum Gasteiger partial charge on any atom is -0.324 e. The van der Waals surface area contributed by atoms with Gasteiger partial charge >= 0.3 is 0 Å². The maximum atomic E-state index is 6.21. The molecule has 0 aromatic heterocycles. The van der Waals surface area contributed by atoms with Gasteiger partial charge in [-0.05, 0) is 44.9 Å². The minimum atomic E-state index is 0.0924. The third-order valence-corrected chi connectivity index (χ3v) is 3.24. The number of hydrogen-bond donors (Lipinski definition) is 2. The summed E-state index contributed by atoms with van der Waals surface area (Å²) in [5, 5.41) is 3.63. The zero-order valence-corrected chi connectivity index (χ0v) is 11.1. The van der Waals surface area contributed by atoms with Crippen LogP contribution in [-0.4, -0.2) is 17.6 Å². The predicted molar refractivity (Wildman–Crippen MR) is 66.9 cm³/mol. The van der Waals surface area contributed by atoms with E-state index in [1.54, 1.807) is 0 Å². The fourth-order valence-electron chi connectivity index (χ4n) is 2.61. The lowest BCUT2D eigenvalue weighted by Gasteiger charge is -2.42. The summed E-state index contributed by atoms with van der Waals surface area (Å²) in [6.07, 6.45) is 4.85. The highest BCUT2D eigenvalue weighted by Gasteiger charge is 2.34. The van der Waals surface area contributed by atoms with Gasteiger partial charge in [0.1, 0.15) is 0 Å². The van der Waals surface area contributed by atoms with Crippen LogP contribution in [0.1, 0.15) is 60.3 Å². The monoisotopic (exact) mass is 212 g/mol. The molecule has 2 heteroatoms. The Morgan fingerprint density at radius 2 is 1.67 bits per heavy atom. The van der Waals surface area contributed by atoms with E-state index in [1.165, 1.54) is 25.7 Å². The molecule has 90 valence electrons. The molecule has 0 atom stereocenters. The SMILES string of the molecule is CC(C)(C)CC(C)(C)NCC1(N)CCC1. The Morgan fingerprint density at radius 1 is 1.13 bits per heavy atom. The van der Waals surface area contributed by atoms with Crippen molar-refractivity contribution < 1.29 is 0 Å². The van der Waals surface area contributed by atoms with Crippen LogP contribution in [0.15, 0.2) is 0 Å². The van der Waals surface area contributed by atoms with Crippen LogP contribution >= 0.6 is 0 Å². The van der Waals surface area contributed by atoms with Gasteiger partial charge in [0.25, 0.3) is 0 Å². The largest absolute Gasteiger partial charge is 0.324 e. The lowest BCUT2D eigenvalue weighted by Crippen LogP contribution is -2.58. The maximum absolute atomic E-state index is 6.21. The van der Waals surface area contributed by atoms with Gasteiger partial charge in [-0.15, -0.1) is 0 Å². The van der Waals surface area contributed by atoms with Gasteiger partial charge in [-0.2, -0.15) is 0 Å². The van der Waals surface area contributed by atoms with Crippen LogP contribution in [0.2, 0.25) is 0 Å². The molecule has 0 aromatic rings. The highest BCUT2D eigenvalue weighted by Crippen LogP contribution is 2.31. The Morgan fingerprint density at radius 3 is 2.00 bits per heavy atom. The first-order valence-electron chi connectivity index (χ1n) is 6.16. The number of hydrogen-bond acceptors (Lipinski definition) is 2. The molecule has 0 amide bonds. The first kappa shape index (κ1) is 13.0. The lowest BCUT2D eigenvalue weighted by atomic mass is 9.76. The molecule has 0 spiro atoms. The molecule has 1 aliphatic rings. The summed E-state index contributed by atoms with van der Waals surface area (Å²) in [7, 11) is 0. The Kier molecular flexibility index (Phi) is 3.52. The van der Waals surface area contributed by atoms with Crippen LogP contribution in [0.3, 0.4) is 0 Å². The van der Waals surface area contributed by atoms with E-state index < -0.39 is 0 Å². The minimum absolute atomic E-state index is 0.0924. The van der Waals surface area contributed by atoms with Crippen LogP contribution in [0.4, 0.5) is 0 Å². The summed E-state index contributed by atoms with van der Waals surface area (Å²) < 4.78 is 0. The molecule has 2 nitrogen and oxygen atoms in total. The first-order chi connectivity index (χ1) is 6.62. The van der Waals surface area contributed by atoms with Gasteiger partial charge in [0.15, 0.2) is 0 Å². The molecule has 1 rings (SSSR count). The van der Waals surface area contributed by atoms with Gasteiger partial charge in [0.05, 0.1) is 0 Å². The smallest absolute Gasteiger partial charge is 0.0281 e. The summed E-state index contributed by atoms with van der Waals surface area (Å²) >= 11 is 0. The van der Waals surface area contributed by atoms with Gasteiger partial charge in [-0.25, -0.2) is 0 Å². The molecule has 1 fully saturated rings. The summed E-state index contributed by atoms with van der Waals surface area (Å²) in [4.78, 5) is 0. The Bertz CT molecular complexity index is 209. The quantitative estimate of drug-likeness (QED) is 0.752. The summed E-state index contributed by atoms with van der Waals surface area (Å²) in [5.41, 5.74) is 6.87. The van der Waals surface area contributed by atoms with Crippen LogP contribution < -0.4 is 11.1 Å². The average Bonchev–Trinajstić information content (AvgIpc) is 1.92. The fraction of sp³-hybridized carbons (Fsp3) is 1.00. The van der Waals surface area contributed by atoms with E-state index in [0.29, 0.717) is 5.41 Å². The van der Waals surface area contributed by atoms with E-state index in [4.69, 9.17) is 5.73 Å². The summed E-state index contributed by atoms with van der Waals surface area (Å²) in [5.74, 6) is 0. The molecule has 0 aromatic carbocycles. The lowest BCUT2D eigenvalue weighted by molar-refractivity contribution is 0.184. The molecular weight excluding hydrogens is 184 g/mol. The maximum Gasteiger partial charge on any atom is 0.0281 e. The number of nitrogens with one attached hydrogen (secondary N) is 1. The van der Waals surface area contributed by atoms with Crippen molar-refractivity contribution in [2.45, 2.75) is 71.4 Å². The number of nitrogens with two attached hydrogens (primary N) is 1. The van der Waals surface area contributed by atoms with Crippen molar-refractivity contribution in [3.8, 4) is 0 Å². The summed E-state index contributed by atoms with van der Waals surface area (Å²) in [6, 6.07) is 0. The molecule has 3 N–H and O–H groups in total. The molecule has 0 saturated heterocycles. The first-order valence-corrected chi connectivity index (χ1v) is 6.16. The number of rotatable bonds is 4. The van der Waals surface area contributed by atoms with Crippen molar-refractivity contribution in [2.24, 2.45) is 11.1 Å². The van der Waals surface area contributed by atoms with Gasteiger partial charge in [0, 0.05) is 17.6 Å². The van der Waals surface area contributed by atoms with Crippen molar-refractivity contribution in [1.82, 2.24) is 5.32 Å². The highest BCUT2D eigenvalue weighted by atomic mass is 15.0. The molecule has 15 heavy (non-hydrogen) atoms. The Balaban J connectivity index is 2.35. The van der Waals surface area contributed by atoms with Crippen molar-refractivity contribution in [3.63, 3.8) is 0 Å². The average molecular weight is 212 g/mol. The topological polar surface area (TPSA) is 38.0 Å². The van der Waals surface area contributed by atoms with E-state index >= 15 is 0 Å². The Hall–Kier alpha value is -0.0800. The van der Waals surface area contributed by atoms with Gasteiger partial charge in [-0.1, -0.05) is 20.8 Å². The summed E-state index contributed by atoms with van der Waals surface area (Å²) in [6.45, 7) is 12.4. The van der Waals surface area contributed by atoms with E-state index in [2.05, 4.69) is 39.9 Å². The van der Waals surface area contributed by atoms with Crippen LogP contribution in [-0.2, 0) is 0 Å². The van der Waals surface area contributed by atoms with E-state index in [1.807, 2.05) is 0 Å². The molecule has 0 heterocycles.